The maximum atomic E-state index is 15.2. The van der Waals surface area contributed by atoms with Gasteiger partial charge < -0.3 is 44.2 Å². The number of ether oxygens (including phenoxy) is 3. The summed E-state index contributed by atoms with van der Waals surface area (Å²) in [4.78, 5) is 15.2. The highest BCUT2D eigenvalue weighted by atomic mass is 16.5. The summed E-state index contributed by atoms with van der Waals surface area (Å²) in [6.45, 7) is 11.8. The molecule has 0 unspecified atom stereocenters. The molecule has 5 aromatic rings. The highest BCUT2D eigenvalue weighted by Gasteiger charge is 2.45. The topological polar surface area (TPSA) is 159 Å². The van der Waals surface area contributed by atoms with Crippen molar-refractivity contribution in [3.63, 3.8) is 0 Å². The van der Waals surface area contributed by atoms with Gasteiger partial charge in [0.25, 0.3) is 0 Å². The van der Waals surface area contributed by atoms with E-state index in [1.54, 1.807) is 30.3 Å². The number of fused-ring (bicyclic) bond motifs is 6. The standard InChI is InChI=1S/C44H44O10/c1-20(2)8-11-25-37(48)30(17-28-31-19-52-43-27(42(31)53-40(25)28)14-15-32(45)35(43)22(5)6)39(50)36-29-18-34(47)38(49)26(12-9-21(3)4)41(29)54-44(36)24-13-10-23(51-7)16-33(24)46/h8-10,13-18,22,31,42,45-49H,11-12,19H2,1-7H3/t31-,42-/m0/s1. The Hall–Kier alpha value is -6.03. The van der Waals surface area contributed by atoms with Crippen LogP contribution < -0.4 is 14.2 Å². The number of hydrogen-bond acceptors (Lipinski definition) is 10. The van der Waals surface area contributed by atoms with E-state index in [1.807, 2.05) is 53.7 Å². The molecule has 0 saturated carbocycles. The fourth-order valence-corrected chi connectivity index (χ4v) is 7.52. The molecule has 0 saturated heterocycles. The summed E-state index contributed by atoms with van der Waals surface area (Å²) in [7, 11) is 1.46. The van der Waals surface area contributed by atoms with Crippen molar-refractivity contribution < 1.29 is 49.0 Å². The van der Waals surface area contributed by atoms with Gasteiger partial charge in [-0.2, -0.15) is 0 Å². The second-order valence-electron chi connectivity index (χ2n) is 14.8. The van der Waals surface area contributed by atoms with Gasteiger partial charge >= 0.3 is 0 Å². The van der Waals surface area contributed by atoms with Crippen LogP contribution in [0.3, 0.4) is 0 Å². The number of aromatic hydroxyl groups is 5. The number of methoxy groups -OCH3 is 1. The van der Waals surface area contributed by atoms with Crippen LogP contribution in [0.15, 0.2) is 70.2 Å². The summed E-state index contributed by atoms with van der Waals surface area (Å²) in [5.41, 5.74) is 5.00. The smallest absolute Gasteiger partial charge is 0.201 e. The van der Waals surface area contributed by atoms with Crippen LogP contribution in [0.4, 0.5) is 0 Å². The summed E-state index contributed by atoms with van der Waals surface area (Å²) >= 11 is 0. The van der Waals surface area contributed by atoms with Crippen molar-refractivity contribution in [2.75, 3.05) is 13.7 Å². The van der Waals surface area contributed by atoms with Gasteiger partial charge in [0.2, 0.25) is 5.78 Å². The molecule has 3 heterocycles. The molecule has 280 valence electrons. The Kier molecular flexibility index (Phi) is 9.25. The molecule has 2 atom stereocenters. The van der Waals surface area contributed by atoms with E-state index < -0.39 is 23.4 Å². The van der Waals surface area contributed by atoms with E-state index in [9.17, 15) is 25.5 Å². The number of rotatable bonds is 9. The van der Waals surface area contributed by atoms with Crippen molar-refractivity contribution in [2.45, 2.75) is 72.3 Å². The summed E-state index contributed by atoms with van der Waals surface area (Å²) in [5.74, 6) is -0.827. The molecule has 1 aromatic heterocycles. The van der Waals surface area contributed by atoms with Crippen LogP contribution in [0, 0.1) is 0 Å². The first-order valence-electron chi connectivity index (χ1n) is 17.9. The van der Waals surface area contributed by atoms with Gasteiger partial charge in [-0.3, -0.25) is 4.79 Å². The van der Waals surface area contributed by atoms with E-state index in [0.29, 0.717) is 33.9 Å². The Morgan fingerprint density at radius 2 is 1.54 bits per heavy atom. The van der Waals surface area contributed by atoms with Crippen LogP contribution >= 0.6 is 0 Å². The molecule has 0 radical (unpaired) electrons. The van der Waals surface area contributed by atoms with E-state index in [2.05, 4.69) is 0 Å². The molecule has 4 aromatic carbocycles. The van der Waals surface area contributed by atoms with E-state index in [-0.39, 0.29) is 87.5 Å². The third-order valence-corrected chi connectivity index (χ3v) is 10.3. The van der Waals surface area contributed by atoms with Crippen molar-refractivity contribution in [1.29, 1.82) is 0 Å². The molecule has 0 aliphatic carbocycles. The van der Waals surface area contributed by atoms with Gasteiger partial charge in [-0.1, -0.05) is 37.1 Å². The number of phenolic OH excluding ortho intramolecular Hbond substituents is 5. The lowest BCUT2D eigenvalue weighted by atomic mass is 9.84. The van der Waals surface area contributed by atoms with Crippen molar-refractivity contribution in [2.24, 2.45) is 0 Å². The Bertz CT molecular complexity index is 2400. The molecular weight excluding hydrogens is 688 g/mol. The van der Waals surface area contributed by atoms with E-state index in [0.717, 1.165) is 16.7 Å². The lowest BCUT2D eigenvalue weighted by Gasteiger charge is -2.30. The molecule has 2 aliphatic heterocycles. The van der Waals surface area contributed by atoms with Gasteiger partial charge in [0.05, 0.1) is 36.3 Å². The van der Waals surface area contributed by atoms with E-state index in [1.165, 1.54) is 19.2 Å². The number of hydrogen-bond donors (Lipinski definition) is 5. The van der Waals surface area contributed by atoms with Gasteiger partial charge in [-0.05, 0) is 82.9 Å². The predicted molar refractivity (Wildman–Crippen MR) is 205 cm³/mol. The van der Waals surface area contributed by atoms with Gasteiger partial charge in [-0.25, -0.2) is 0 Å². The summed E-state index contributed by atoms with van der Waals surface area (Å²) in [5, 5.41) is 56.2. The Labute approximate surface area is 313 Å². The fourth-order valence-electron chi connectivity index (χ4n) is 7.52. The Morgan fingerprint density at radius 1 is 0.833 bits per heavy atom. The van der Waals surface area contributed by atoms with Gasteiger partial charge in [0.1, 0.15) is 51.9 Å². The highest BCUT2D eigenvalue weighted by Crippen LogP contribution is 2.57. The zero-order chi connectivity index (χ0) is 38.7. The third-order valence-electron chi connectivity index (χ3n) is 10.3. The van der Waals surface area contributed by atoms with Gasteiger partial charge in [-0.15, -0.1) is 0 Å². The summed E-state index contributed by atoms with van der Waals surface area (Å²) in [6.07, 6.45) is 3.74. The quantitative estimate of drug-likeness (QED) is 0.0561. The van der Waals surface area contributed by atoms with Crippen molar-refractivity contribution in [3.8, 4) is 57.3 Å². The largest absolute Gasteiger partial charge is 0.508 e. The first kappa shape index (κ1) is 36.3. The van der Waals surface area contributed by atoms with E-state index >= 15 is 4.79 Å². The van der Waals surface area contributed by atoms with Crippen molar-refractivity contribution in [1.82, 2.24) is 0 Å². The first-order valence-corrected chi connectivity index (χ1v) is 17.9. The molecule has 10 nitrogen and oxygen atoms in total. The normalized spacial score (nSPS) is 15.6. The molecule has 10 heteroatoms. The molecule has 5 N–H and O–H groups in total. The highest BCUT2D eigenvalue weighted by molar-refractivity contribution is 6.21. The van der Waals surface area contributed by atoms with Crippen molar-refractivity contribution in [3.05, 3.63) is 105 Å². The number of ketones is 1. The average Bonchev–Trinajstić information content (AvgIpc) is 3.68. The van der Waals surface area contributed by atoms with Crippen LogP contribution in [-0.4, -0.2) is 45.0 Å². The van der Waals surface area contributed by atoms with Crippen LogP contribution in [0.25, 0.3) is 22.3 Å². The number of phenols is 5. The summed E-state index contributed by atoms with van der Waals surface area (Å²) < 4.78 is 24.7. The van der Waals surface area contributed by atoms with Crippen LogP contribution in [0.2, 0.25) is 0 Å². The number of allylic oxidation sites excluding steroid dienone is 4. The minimum atomic E-state index is -0.636. The zero-order valence-corrected chi connectivity index (χ0v) is 31.3. The maximum absolute atomic E-state index is 15.2. The fraction of sp³-hybridized carbons (Fsp3) is 0.295. The predicted octanol–water partition coefficient (Wildman–Crippen LogP) is 9.62. The Morgan fingerprint density at radius 3 is 2.19 bits per heavy atom. The molecular formula is C44H44O10. The third kappa shape index (κ3) is 5.95. The number of benzene rings is 4. The second kappa shape index (κ2) is 13.7. The average molecular weight is 733 g/mol. The lowest BCUT2D eigenvalue weighted by Crippen LogP contribution is -2.24. The molecule has 2 aliphatic rings. The zero-order valence-electron chi connectivity index (χ0n) is 31.3. The molecule has 0 spiro atoms. The molecule has 0 amide bonds. The SMILES string of the molecule is COc1ccc(-c2oc3c(CC=C(C)C)c(O)c(O)cc3c2C(=O)c2cc3c(c(CC=C(C)C)c2O)O[C@H]2c4ccc(O)c(C(C)C)c4OC[C@@H]32)c(O)c1. The van der Waals surface area contributed by atoms with E-state index in [4.69, 9.17) is 18.6 Å². The summed E-state index contributed by atoms with van der Waals surface area (Å²) in [6, 6.07) is 10.9. The number of carbonyl (C=O) groups is 1. The lowest BCUT2D eigenvalue weighted by molar-refractivity contribution is 0.103. The Balaban J connectivity index is 1.47. The minimum absolute atomic E-state index is 0.0187. The van der Waals surface area contributed by atoms with Gasteiger partial charge in [0.15, 0.2) is 11.5 Å². The first-order chi connectivity index (χ1) is 25.7. The van der Waals surface area contributed by atoms with Crippen LogP contribution in [-0.2, 0) is 12.8 Å². The molecule has 0 fully saturated rings. The second-order valence-corrected chi connectivity index (χ2v) is 14.8. The van der Waals surface area contributed by atoms with Crippen LogP contribution in [0.5, 0.6) is 46.0 Å². The molecule has 7 rings (SSSR count). The molecule has 54 heavy (non-hydrogen) atoms. The van der Waals surface area contributed by atoms with Crippen LogP contribution in [0.1, 0.15) is 103 Å². The monoisotopic (exact) mass is 732 g/mol. The minimum Gasteiger partial charge on any atom is -0.508 e. The maximum Gasteiger partial charge on any atom is 0.201 e. The van der Waals surface area contributed by atoms with Gasteiger partial charge in [0, 0.05) is 39.3 Å². The van der Waals surface area contributed by atoms with Crippen molar-refractivity contribution >= 4 is 16.8 Å². The number of furan rings is 1. The number of carbonyl (C=O) groups excluding carboxylic acids is 1. The molecule has 0 bridgehead atoms.